The molecule has 1 aliphatic carbocycles. The summed E-state index contributed by atoms with van der Waals surface area (Å²) in [5.41, 5.74) is 1.92. The van der Waals surface area contributed by atoms with Gasteiger partial charge in [0.2, 0.25) is 5.91 Å². The zero-order chi connectivity index (χ0) is 20.5. The Bertz CT molecular complexity index is 783. The van der Waals surface area contributed by atoms with Crippen molar-refractivity contribution in [3.8, 4) is 11.5 Å². The maximum absolute atomic E-state index is 12.9. The number of carbonyl (C=O) groups excluding carboxylic acids is 3. The van der Waals surface area contributed by atoms with Crippen molar-refractivity contribution in [1.29, 1.82) is 0 Å². The van der Waals surface area contributed by atoms with Gasteiger partial charge in [-0.05, 0) is 36.1 Å². The third-order valence-corrected chi connectivity index (χ3v) is 6.15. The van der Waals surface area contributed by atoms with Crippen molar-refractivity contribution in [3.63, 3.8) is 0 Å². The smallest absolute Gasteiger partial charge is 0.327 e. The van der Waals surface area contributed by atoms with E-state index in [1.54, 1.807) is 19.1 Å². The highest BCUT2D eigenvalue weighted by molar-refractivity contribution is 6.05. The van der Waals surface area contributed by atoms with Gasteiger partial charge >= 0.3 is 6.03 Å². The molecule has 1 saturated heterocycles. The van der Waals surface area contributed by atoms with E-state index < -0.39 is 6.04 Å². The van der Waals surface area contributed by atoms with Gasteiger partial charge in [-0.2, -0.15) is 0 Å². The van der Waals surface area contributed by atoms with Crippen LogP contribution in [0.4, 0.5) is 4.79 Å². The number of hydrogen-bond acceptors (Lipinski definition) is 5. The Kier molecular flexibility index (Phi) is 5.34. The topological polar surface area (TPSA) is 88.2 Å². The second kappa shape index (κ2) is 7.93. The minimum absolute atomic E-state index is 0.0971. The zero-order valence-corrected chi connectivity index (χ0v) is 16.9. The van der Waals surface area contributed by atoms with E-state index >= 15 is 0 Å². The second-order valence-corrected chi connectivity index (χ2v) is 7.90. The predicted octanol–water partition coefficient (Wildman–Crippen LogP) is 1.84. The van der Waals surface area contributed by atoms with Crippen molar-refractivity contribution in [1.82, 2.24) is 15.1 Å². The van der Waals surface area contributed by atoms with Crippen molar-refractivity contribution < 1.29 is 23.9 Å². The lowest BCUT2D eigenvalue weighted by Gasteiger charge is -2.29. The van der Waals surface area contributed by atoms with Crippen molar-refractivity contribution in [3.05, 3.63) is 23.3 Å². The molecule has 1 atom stereocenters. The van der Waals surface area contributed by atoms with Crippen LogP contribution in [0.1, 0.15) is 43.2 Å². The molecule has 3 aliphatic rings. The van der Waals surface area contributed by atoms with Crippen LogP contribution in [0.3, 0.4) is 0 Å². The molecule has 29 heavy (non-hydrogen) atoms. The number of methoxy groups -OCH3 is 2. The van der Waals surface area contributed by atoms with Gasteiger partial charge in [-0.3, -0.25) is 14.5 Å². The molecular weight excluding hydrogens is 374 g/mol. The summed E-state index contributed by atoms with van der Waals surface area (Å²) in [6, 6.07) is 3.12. The molecule has 8 nitrogen and oxygen atoms in total. The van der Waals surface area contributed by atoms with E-state index in [-0.39, 0.29) is 36.9 Å². The molecule has 0 spiro atoms. The minimum Gasteiger partial charge on any atom is -0.493 e. The molecule has 1 aromatic carbocycles. The van der Waals surface area contributed by atoms with E-state index in [1.165, 1.54) is 4.90 Å². The summed E-state index contributed by atoms with van der Waals surface area (Å²) < 4.78 is 10.7. The van der Waals surface area contributed by atoms with Crippen LogP contribution in [0, 0.1) is 0 Å². The summed E-state index contributed by atoms with van der Waals surface area (Å²) >= 11 is 0. The van der Waals surface area contributed by atoms with Gasteiger partial charge in [0.25, 0.3) is 5.91 Å². The standard InChI is InChI=1S/C21H27N3O5/c1-28-17-10-13-9-16-20(26)23(8-7-19(25)22-15-5-3-4-6-15)21(27)24(16)12-14(13)11-18(17)29-2/h10-11,15-16H,3-9,12H2,1-2H3,(H,22,25). The van der Waals surface area contributed by atoms with Crippen molar-refractivity contribution in [2.75, 3.05) is 20.8 Å². The van der Waals surface area contributed by atoms with Crippen LogP contribution in [0.2, 0.25) is 0 Å². The van der Waals surface area contributed by atoms with Gasteiger partial charge in [0.15, 0.2) is 11.5 Å². The SMILES string of the molecule is COc1cc2c(cc1OC)CN1C(=O)N(CCC(=O)NC3CCCC3)C(=O)C1C2. The number of fused-ring (bicyclic) bond motifs is 2. The molecular formula is C21H27N3O5. The number of ether oxygens (including phenoxy) is 2. The zero-order valence-electron chi connectivity index (χ0n) is 16.9. The molecule has 1 N–H and O–H groups in total. The number of nitrogens with zero attached hydrogens (tertiary/aromatic N) is 2. The van der Waals surface area contributed by atoms with Crippen LogP contribution >= 0.6 is 0 Å². The van der Waals surface area contributed by atoms with Crippen LogP contribution in [0.15, 0.2) is 12.1 Å². The number of urea groups is 1. The maximum Gasteiger partial charge on any atom is 0.327 e. The van der Waals surface area contributed by atoms with Gasteiger partial charge in [0.1, 0.15) is 6.04 Å². The van der Waals surface area contributed by atoms with E-state index in [4.69, 9.17) is 9.47 Å². The number of imide groups is 1. The van der Waals surface area contributed by atoms with E-state index in [9.17, 15) is 14.4 Å². The van der Waals surface area contributed by atoms with Crippen molar-refractivity contribution >= 4 is 17.8 Å². The summed E-state index contributed by atoms with van der Waals surface area (Å²) in [5, 5.41) is 3.01. The third-order valence-electron chi connectivity index (χ3n) is 6.15. The quantitative estimate of drug-likeness (QED) is 0.735. The van der Waals surface area contributed by atoms with Crippen LogP contribution < -0.4 is 14.8 Å². The van der Waals surface area contributed by atoms with Crippen LogP contribution in [0.25, 0.3) is 0 Å². The summed E-state index contributed by atoms with van der Waals surface area (Å²) in [6.07, 6.45) is 4.87. The molecule has 4 rings (SSSR count). The second-order valence-electron chi connectivity index (χ2n) is 7.90. The Morgan fingerprint density at radius 3 is 2.41 bits per heavy atom. The van der Waals surface area contributed by atoms with E-state index in [0.29, 0.717) is 24.5 Å². The Morgan fingerprint density at radius 2 is 1.76 bits per heavy atom. The molecule has 156 valence electrons. The Balaban J connectivity index is 1.43. The largest absolute Gasteiger partial charge is 0.493 e. The molecule has 0 bridgehead atoms. The summed E-state index contributed by atoms with van der Waals surface area (Å²) in [6.45, 7) is 0.460. The first kappa shape index (κ1) is 19.5. The number of benzene rings is 1. The first-order valence-electron chi connectivity index (χ1n) is 10.2. The Labute approximate surface area is 170 Å². The summed E-state index contributed by atoms with van der Waals surface area (Å²) in [5.74, 6) is 0.879. The van der Waals surface area contributed by atoms with Crippen LogP contribution in [-0.4, -0.2) is 60.5 Å². The highest BCUT2D eigenvalue weighted by Gasteiger charge is 2.47. The predicted molar refractivity (Wildman–Crippen MR) is 105 cm³/mol. The molecule has 1 unspecified atom stereocenters. The lowest BCUT2D eigenvalue weighted by Crippen LogP contribution is -2.40. The van der Waals surface area contributed by atoms with Crippen molar-refractivity contribution in [2.45, 2.75) is 57.2 Å². The van der Waals surface area contributed by atoms with Crippen molar-refractivity contribution in [2.24, 2.45) is 0 Å². The van der Waals surface area contributed by atoms with Crippen LogP contribution in [-0.2, 0) is 22.6 Å². The Morgan fingerprint density at radius 1 is 1.10 bits per heavy atom. The fraction of sp³-hybridized carbons (Fsp3) is 0.571. The van der Waals surface area contributed by atoms with E-state index in [1.807, 2.05) is 12.1 Å². The fourth-order valence-corrected chi connectivity index (χ4v) is 4.55. The number of rotatable bonds is 6. The van der Waals surface area contributed by atoms with E-state index in [2.05, 4.69) is 5.32 Å². The molecule has 1 saturated carbocycles. The first-order chi connectivity index (χ1) is 14.0. The lowest BCUT2D eigenvalue weighted by molar-refractivity contribution is -0.129. The third kappa shape index (κ3) is 3.63. The van der Waals surface area contributed by atoms with Gasteiger partial charge in [0.05, 0.1) is 14.2 Å². The molecule has 8 heteroatoms. The molecule has 0 radical (unpaired) electrons. The number of amides is 4. The van der Waals surface area contributed by atoms with Gasteiger partial charge in [-0.25, -0.2) is 4.79 Å². The van der Waals surface area contributed by atoms with Crippen LogP contribution in [0.5, 0.6) is 11.5 Å². The molecule has 1 aromatic rings. The van der Waals surface area contributed by atoms with Gasteiger partial charge < -0.3 is 19.7 Å². The number of carbonyl (C=O) groups is 3. The van der Waals surface area contributed by atoms with Gasteiger partial charge in [0, 0.05) is 32.0 Å². The monoisotopic (exact) mass is 401 g/mol. The average Bonchev–Trinajstić information content (AvgIpc) is 3.31. The van der Waals surface area contributed by atoms with Gasteiger partial charge in [-0.1, -0.05) is 12.8 Å². The summed E-state index contributed by atoms with van der Waals surface area (Å²) in [4.78, 5) is 40.7. The van der Waals surface area contributed by atoms with E-state index in [0.717, 1.165) is 36.8 Å². The minimum atomic E-state index is -0.522. The maximum atomic E-state index is 12.9. The number of nitrogens with one attached hydrogen (secondary N) is 1. The molecule has 4 amide bonds. The average molecular weight is 401 g/mol. The number of hydrogen-bond donors (Lipinski definition) is 1. The highest BCUT2D eigenvalue weighted by atomic mass is 16.5. The lowest BCUT2D eigenvalue weighted by atomic mass is 9.94. The molecule has 2 heterocycles. The first-order valence-corrected chi connectivity index (χ1v) is 10.2. The normalized spacial score (nSPS) is 21.2. The molecule has 2 fully saturated rings. The van der Waals surface area contributed by atoms with Gasteiger partial charge in [-0.15, -0.1) is 0 Å². The summed E-state index contributed by atoms with van der Waals surface area (Å²) in [7, 11) is 3.14. The highest BCUT2D eigenvalue weighted by Crippen LogP contribution is 2.37. The molecule has 2 aliphatic heterocycles. The fourth-order valence-electron chi connectivity index (χ4n) is 4.55. The Hall–Kier alpha value is -2.77. The molecule has 0 aromatic heterocycles.